The van der Waals surface area contributed by atoms with Gasteiger partial charge in [-0.05, 0) is 52.6 Å². The second-order valence-corrected chi connectivity index (χ2v) is 10.00. The third kappa shape index (κ3) is 5.34. The maximum atomic E-state index is 4.99. The summed E-state index contributed by atoms with van der Waals surface area (Å²) in [4.78, 5) is 19.6. The smallest absolute Gasteiger partial charge is 0.164 e. The van der Waals surface area contributed by atoms with Crippen molar-refractivity contribution in [2.45, 2.75) is 0 Å². The normalized spacial score (nSPS) is 10.9. The molecular formula is C38H26N4. The molecule has 2 aromatic heterocycles. The number of benzene rings is 5. The zero-order chi connectivity index (χ0) is 28.1. The lowest BCUT2D eigenvalue weighted by Gasteiger charge is -2.12. The van der Waals surface area contributed by atoms with Crippen LogP contribution in [0.3, 0.4) is 0 Å². The number of nitrogens with zero attached hydrogens (tertiary/aromatic N) is 4. The summed E-state index contributed by atoms with van der Waals surface area (Å²) >= 11 is 0. The summed E-state index contributed by atoms with van der Waals surface area (Å²) in [6.07, 6.45) is 1.87. The van der Waals surface area contributed by atoms with E-state index in [-0.39, 0.29) is 0 Å². The van der Waals surface area contributed by atoms with Gasteiger partial charge >= 0.3 is 0 Å². The first-order valence-electron chi connectivity index (χ1n) is 13.9. The average molecular weight is 539 g/mol. The van der Waals surface area contributed by atoms with Gasteiger partial charge in [-0.1, -0.05) is 121 Å². The molecule has 4 heteroatoms. The van der Waals surface area contributed by atoms with Crippen molar-refractivity contribution < 1.29 is 0 Å². The minimum Gasteiger partial charge on any atom is -0.256 e. The molecule has 0 radical (unpaired) electrons. The molecule has 0 fully saturated rings. The van der Waals surface area contributed by atoms with Crippen LogP contribution in [0.15, 0.2) is 158 Å². The molecular weight excluding hydrogens is 512 g/mol. The van der Waals surface area contributed by atoms with Gasteiger partial charge in [0.1, 0.15) is 0 Å². The Bertz CT molecular complexity index is 1900. The molecule has 2 heterocycles. The first kappa shape index (κ1) is 25.2. The summed E-state index contributed by atoms with van der Waals surface area (Å²) in [6.45, 7) is 0. The lowest BCUT2D eigenvalue weighted by Crippen LogP contribution is -2.00. The van der Waals surface area contributed by atoms with Gasteiger partial charge in [0.25, 0.3) is 0 Å². The Morgan fingerprint density at radius 1 is 0.286 bits per heavy atom. The third-order valence-electron chi connectivity index (χ3n) is 7.16. The van der Waals surface area contributed by atoms with Gasteiger partial charge in [0.15, 0.2) is 17.5 Å². The van der Waals surface area contributed by atoms with Crippen molar-refractivity contribution in [1.82, 2.24) is 19.9 Å². The zero-order valence-corrected chi connectivity index (χ0v) is 22.8. The molecule has 0 amide bonds. The van der Waals surface area contributed by atoms with Crippen LogP contribution >= 0.6 is 0 Å². The van der Waals surface area contributed by atoms with Crippen molar-refractivity contribution in [3.05, 3.63) is 158 Å². The highest BCUT2D eigenvalue weighted by molar-refractivity contribution is 5.80. The molecule has 0 N–H and O–H groups in total. The number of pyridine rings is 1. The molecule has 198 valence electrons. The van der Waals surface area contributed by atoms with Crippen LogP contribution in [0.5, 0.6) is 0 Å². The molecule has 42 heavy (non-hydrogen) atoms. The molecule has 5 aromatic carbocycles. The van der Waals surface area contributed by atoms with Crippen molar-refractivity contribution in [2.24, 2.45) is 0 Å². The van der Waals surface area contributed by atoms with Crippen LogP contribution in [0.2, 0.25) is 0 Å². The lowest BCUT2D eigenvalue weighted by molar-refractivity contribution is 1.07. The van der Waals surface area contributed by atoms with E-state index in [0.29, 0.717) is 17.5 Å². The molecule has 0 spiro atoms. The van der Waals surface area contributed by atoms with Crippen molar-refractivity contribution in [2.75, 3.05) is 0 Å². The Kier molecular flexibility index (Phi) is 6.85. The van der Waals surface area contributed by atoms with E-state index < -0.39 is 0 Å². The maximum absolute atomic E-state index is 4.99. The summed E-state index contributed by atoms with van der Waals surface area (Å²) in [5.74, 6) is 1.88. The standard InChI is InChI=1S/C38H26N4/c1-5-13-27(14-6-1)31-21-22-39-35(26-31)33-23-32(28-15-7-2-8-16-28)24-34(25-33)38-41-36(29-17-9-3-10-18-29)40-37(42-38)30-19-11-4-12-20-30/h1-26H. The molecule has 0 aliphatic rings. The quantitative estimate of drug-likeness (QED) is 0.212. The minimum atomic E-state index is 0.612. The molecule has 0 saturated carbocycles. The Balaban J connectivity index is 1.43. The number of hydrogen-bond acceptors (Lipinski definition) is 4. The summed E-state index contributed by atoms with van der Waals surface area (Å²) in [5.41, 5.74) is 9.10. The van der Waals surface area contributed by atoms with E-state index in [1.807, 2.05) is 85.1 Å². The van der Waals surface area contributed by atoms with E-state index in [2.05, 4.69) is 72.8 Å². The lowest BCUT2D eigenvalue weighted by atomic mass is 9.96. The van der Waals surface area contributed by atoms with Gasteiger partial charge in [0.2, 0.25) is 0 Å². The van der Waals surface area contributed by atoms with E-state index in [4.69, 9.17) is 19.9 Å². The van der Waals surface area contributed by atoms with Crippen LogP contribution in [0.25, 0.3) is 67.7 Å². The van der Waals surface area contributed by atoms with Crippen LogP contribution < -0.4 is 0 Å². The van der Waals surface area contributed by atoms with Crippen LogP contribution in [0.1, 0.15) is 0 Å². The maximum Gasteiger partial charge on any atom is 0.164 e. The molecule has 0 saturated heterocycles. The average Bonchev–Trinajstić information content (AvgIpc) is 3.09. The zero-order valence-electron chi connectivity index (χ0n) is 22.8. The number of rotatable bonds is 6. The monoisotopic (exact) mass is 538 g/mol. The third-order valence-corrected chi connectivity index (χ3v) is 7.16. The highest BCUT2D eigenvalue weighted by Gasteiger charge is 2.15. The highest BCUT2D eigenvalue weighted by Crippen LogP contribution is 2.34. The van der Waals surface area contributed by atoms with E-state index >= 15 is 0 Å². The topological polar surface area (TPSA) is 51.6 Å². The van der Waals surface area contributed by atoms with Crippen LogP contribution in [-0.4, -0.2) is 19.9 Å². The second-order valence-electron chi connectivity index (χ2n) is 10.00. The van der Waals surface area contributed by atoms with Crippen molar-refractivity contribution in [1.29, 1.82) is 0 Å². The Labute approximate surface area is 245 Å². The van der Waals surface area contributed by atoms with Crippen molar-refractivity contribution >= 4 is 0 Å². The van der Waals surface area contributed by atoms with Gasteiger partial charge in [0, 0.05) is 28.5 Å². The molecule has 4 nitrogen and oxygen atoms in total. The van der Waals surface area contributed by atoms with E-state index in [9.17, 15) is 0 Å². The second kappa shape index (κ2) is 11.4. The predicted octanol–water partition coefficient (Wildman–Crippen LogP) is 9.27. The first-order chi connectivity index (χ1) is 20.8. The van der Waals surface area contributed by atoms with Gasteiger partial charge in [-0.15, -0.1) is 0 Å². The van der Waals surface area contributed by atoms with Gasteiger partial charge in [-0.3, -0.25) is 4.98 Å². The van der Waals surface area contributed by atoms with E-state index in [0.717, 1.165) is 50.2 Å². The fourth-order valence-corrected chi connectivity index (χ4v) is 5.04. The van der Waals surface area contributed by atoms with Gasteiger partial charge < -0.3 is 0 Å². The van der Waals surface area contributed by atoms with Crippen LogP contribution in [-0.2, 0) is 0 Å². The van der Waals surface area contributed by atoms with Gasteiger partial charge in [-0.25, -0.2) is 15.0 Å². The summed E-state index contributed by atoms with van der Waals surface area (Å²) in [7, 11) is 0. The minimum absolute atomic E-state index is 0.612. The van der Waals surface area contributed by atoms with Crippen LogP contribution in [0.4, 0.5) is 0 Å². The molecule has 0 aliphatic carbocycles. The van der Waals surface area contributed by atoms with Gasteiger partial charge in [-0.2, -0.15) is 0 Å². The summed E-state index contributed by atoms with van der Waals surface area (Å²) in [6, 6.07) is 51.5. The SMILES string of the molecule is c1ccc(-c2cc(-c3cc(-c4ccccc4)ccn3)cc(-c3nc(-c4ccccc4)nc(-c4ccccc4)n3)c2)cc1. The predicted molar refractivity (Wildman–Crippen MR) is 170 cm³/mol. The van der Waals surface area contributed by atoms with E-state index in [1.165, 1.54) is 0 Å². The number of aromatic nitrogens is 4. The summed E-state index contributed by atoms with van der Waals surface area (Å²) < 4.78 is 0. The molecule has 0 bridgehead atoms. The fourth-order valence-electron chi connectivity index (χ4n) is 5.04. The Hall–Kier alpha value is -5.74. The van der Waals surface area contributed by atoms with Crippen LogP contribution in [0, 0.1) is 0 Å². The van der Waals surface area contributed by atoms with Crippen molar-refractivity contribution in [3.8, 4) is 67.7 Å². The Morgan fingerprint density at radius 2 is 0.690 bits per heavy atom. The molecule has 0 atom stereocenters. The highest BCUT2D eigenvalue weighted by atomic mass is 15.0. The summed E-state index contributed by atoms with van der Waals surface area (Å²) in [5, 5.41) is 0. The number of hydrogen-bond donors (Lipinski definition) is 0. The molecule has 0 aliphatic heterocycles. The molecule has 0 unspecified atom stereocenters. The fraction of sp³-hybridized carbons (Fsp3) is 0. The van der Waals surface area contributed by atoms with E-state index in [1.54, 1.807) is 0 Å². The largest absolute Gasteiger partial charge is 0.256 e. The van der Waals surface area contributed by atoms with Gasteiger partial charge in [0.05, 0.1) is 5.69 Å². The van der Waals surface area contributed by atoms with Crippen molar-refractivity contribution in [3.63, 3.8) is 0 Å². The Morgan fingerprint density at radius 3 is 1.21 bits per heavy atom. The molecule has 7 rings (SSSR count). The molecule has 7 aromatic rings. The first-order valence-corrected chi connectivity index (χ1v) is 13.9.